The molecule has 5 nitrogen and oxygen atoms in total. The Morgan fingerprint density at radius 2 is 1.93 bits per heavy atom. The van der Waals surface area contributed by atoms with Crippen molar-refractivity contribution in [3.63, 3.8) is 0 Å². The average molecular weight is 377 g/mol. The Labute approximate surface area is 154 Å². The lowest BCUT2D eigenvalue weighted by Gasteiger charge is -2.25. The second-order valence-corrected chi connectivity index (χ2v) is 6.31. The highest BCUT2D eigenvalue weighted by atomic mass is 19.4. The van der Waals surface area contributed by atoms with Gasteiger partial charge in [-0.1, -0.05) is 30.3 Å². The fourth-order valence-electron chi connectivity index (χ4n) is 2.97. The molecule has 1 atom stereocenters. The van der Waals surface area contributed by atoms with Gasteiger partial charge in [0, 0.05) is 25.7 Å². The number of hydrogen-bond donors (Lipinski definition) is 1. The van der Waals surface area contributed by atoms with Gasteiger partial charge in [0.1, 0.15) is 5.69 Å². The van der Waals surface area contributed by atoms with Crippen LogP contribution >= 0.6 is 0 Å². The summed E-state index contributed by atoms with van der Waals surface area (Å²) in [5.74, 6) is -0.516. The molecule has 1 unspecified atom stereocenters. The first-order chi connectivity index (χ1) is 12.8. The molecule has 8 heteroatoms. The van der Waals surface area contributed by atoms with E-state index in [4.69, 9.17) is 0 Å². The second kappa shape index (κ2) is 7.77. The number of carbonyl (C=O) groups is 2. The number of amides is 2. The maximum absolute atomic E-state index is 12.6. The van der Waals surface area contributed by atoms with Crippen LogP contribution in [0.4, 0.5) is 13.2 Å². The molecule has 2 heterocycles. The molecule has 0 spiro atoms. The molecule has 3 rings (SSSR count). The molecule has 1 aromatic carbocycles. The Morgan fingerprint density at radius 3 is 2.48 bits per heavy atom. The maximum atomic E-state index is 12.6. The molecule has 2 amide bonds. The summed E-state index contributed by atoms with van der Waals surface area (Å²) < 4.78 is 37.8. The van der Waals surface area contributed by atoms with Gasteiger partial charge >= 0.3 is 6.18 Å². The first kappa shape index (κ1) is 18.9. The predicted molar refractivity (Wildman–Crippen MR) is 91.7 cm³/mol. The summed E-state index contributed by atoms with van der Waals surface area (Å²) in [7, 11) is 0. The van der Waals surface area contributed by atoms with Crippen LogP contribution in [0.1, 0.15) is 40.5 Å². The van der Waals surface area contributed by atoms with Crippen molar-refractivity contribution in [2.24, 2.45) is 0 Å². The third kappa shape index (κ3) is 4.64. The van der Waals surface area contributed by atoms with E-state index in [-0.39, 0.29) is 11.5 Å². The Hall–Kier alpha value is -2.90. The van der Waals surface area contributed by atoms with E-state index in [9.17, 15) is 22.8 Å². The summed E-state index contributed by atoms with van der Waals surface area (Å²) in [6, 6.07) is 10.5. The van der Waals surface area contributed by atoms with Crippen LogP contribution in [0.15, 0.2) is 48.7 Å². The Morgan fingerprint density at radius 1 is 1.19 bits per heavy atom. The average Bonchev–Trinajstić information content (AvgIpc) is 3.06. The van der Waals surface area contributed by atoms with Crippen LogP contribution in [0.2, 0.25) is 0 Å². The number of rotatable bonds is 5. The third-order valence-corrected chi connectivity index (χ3v) is 4.40. The van der Waals surface area contributed by atoms with Gasteiger partial charge in [-0.05, 0) is 24.1 Å². The monoisotopic (exact) mass is 377 g/mol. The summed E-state index contributed by atoms with van der Waals surface area (Å²) in [6.07, 6.45) is -2.39. The smallest absolute Gasteiger partial charge is 0.343 e. The van der Waals surface area contributed by atoms with Gasteiger partial charge in [-0.25, -0.2) is 0 Å². The lowest BCUT2D eigenvalue weighted by atomic mass is 10.1. The van der Waals surface area contributed by atoms with Gasteiger partial charge in [-0.3, -0.25) is 14.6 Å². The van der Waals surface area contributed by atoms with Crippen LogP contribution in [-0.2, 0) is 11.0 Å². The molecule has 1 aliphatic rings. The van der Waals surface area contributed by atoms with Crippen LogP contribution in [0.25, 0.3) is 0 Å². The highest BCUT2D eigenvalue weighted by molar-refractivity contribution is 5.94. The van der Waals surface area contributed by atoms with Gasteiger partial charge in [0.25, 0.3) is 5.91 Å². The van der Waals surface area contributed by atoms with Crippen LogP contribution < -0.4 is 5.32 Å². The summed E-state index contributed by atoms with van der Waals surface area (Å²) in [5.41, 5.74) is -0.219. The molecule has 1 aliphatic heterocycles. The fraction of sp³-hybridized carbons (Fsp3) is 0.316. The van der Waals surface area contributed by atoms with Gasteiger partial charge in [-0.15, -0.1) is 0 Å². The number of likely N-dealkylation sites (tertiary alicyclic amines) is 1. The van der Waals surface area contributed by atoms with E-state index in [2.05, 4.69) is 10.3 Å². The zero-order valence-electron chi connectivity index (χ0n) is 14.4. The highest BCUT2D eigenvalue weighted by Crippen LogP contribution is 2.27. The number of benzene rings is 1. The third-order valence-electron chi connectivity index (χ3n) is 4.40. The molecule has 0 radical (unpaired) electrons. The number of halogens is 3. The van der Waals surface area contributed by atoms with Crippen molar-refractivity contribution in [1.29, 1.82) is 0 Å². The number of alkyl halides is 3. The fourth-order valence-corrected chi connectivity index (χ4v) is 2.97. The van der Waals surface area contributed by atoms with E-state index in [1.54, 1.807) is 4.90 Å². The van der Waals surface area contributed by atoms with E-state index >= 15 is 0 Å². The largest absolute Gasteiger partial charge is 0.433 e. The summed E-state index contributed by atoms with van der Waals surface area (Å²) in [6.45, 7) is 0.933. The molecule has 142 valence electrons. The quantitative estimate of drug-likeness (QED) is 0.871. The molecule has 2 aromatic rings. The van der Waals surface area contributed by atoms with Crippen molar-refractivity contribution >= 4 is 11.8 Å². The molecular weight excluding hydrogens is 359 g/mol. The molecule has 1 N–H and O–H groups in total. The van der Waals surface area contributed by atoms with E-state index in [1.807, 2.05) is 30.3 Å². The maximum Gasteiger partial charge on any atom is 0.433 e. The first-order valence-corrected chi connectivity index (χ1v) is 8.51. The highest BCUT2D eigenvalue weighted by Gasteiger charge is 2.32. The molecule has 0 saturated carbocycles. The van der Waals surface area contributed by atoms with Crippen LogP contribution in [-0.4, -0.2) is 34.8 Å². The SMILES string of the molecule is O=C(NC(CN1CCCC1=O)c1ccccc1)c1ccc(C(F)(F)F)nc1. The van der Waals surface area contributed by atoms with E-state index < -0.39 is 23.8 Å². The molecule has 0 aliphatic carbocycles. The molecule has 0 bridgehead atoms. The van der Waals surface area contributed by atoms with Crippen LogP contribution in [0, 0.1) is 0 Å². The van der Waals surface area contributed by atoms with Crippen molar-refractivity contribution in [2.45, 2.75) is 25.1 Å². The number of nitrogens with zero attached hydrogens (tertiary/aromatic N) is 2. The van der Waals surface area contributed by atoms with Crippen molar-refractivity contribution in [2.75, 3.05) is 13.1 Å². The second-order valence-electron chi connectivity index (χ2n) is 6.31. The number of nitrogens with one attached hydrogen (secondary N) is 1. The van der Waals surface area contributed by atoms with Crippen molar-refractivity contribution in [1.82, 2.24) is 15.2 Å². The van der Waals surface area contributed by atoms with Gasteiger partial charge < -0.3 is 10.2 Å². The van der Waals surface area contributed by atoms with E-state index in [1.165, 1.54) is 0 Å². The topological polar surface area (TPSA) is 62.3 Å². The zero-order valence-corrected chi connectivity index (χ0v) is 14.4. The number of aromatic nitrogens is 1. The molecule has 27 heavy (non-hydrogen) atoms. The predicted octanol–water partition coefficient (Wildman–Crippen LogP) is 3.19. The Balaban J connectivity index is 1.76. The number of hydrogen-bond acceptors (Lipinski definition) is 3. The minimum Gasteiger partial charge on any atom is -0.343 e. The van der Waals surface area contributed by atoms with Gasteiger partial charge in [0.2, 0.25) is 5.91 Å². The van der Waals surface area contributed by atoms with Crippen molar-refractivity contribution in [3.05, 3.63) is 65.5 Å². The molecule has 1 fully saturated rings. The van der Waals surface area contributed by atoms with Gasteiger partial charge in [-0.2, -0.15) is 13.2 Å². The van der Waals surface area contributed by atoms with Gasteiger partial charge in [0.05, 0.1) is 11.6 Å². The van der Waals surface area contributed by atoms with Crippen molar-refractivity contribution in [3.8, 4) is 0 Å². The lowest BCUT2D eigenvalue weighted by Crippen LogP contribution is -2.38. The standard InChI is InChI=1S/C19H18F3N3O2/c20-19(21,22)16-9-8-14(11-23-16)18(27)24-15(13-5-2-1-3-6-13)12-25-10-4-7-17(25)26/h1-3,5-6,8-9,11,15H,4,7,10,12H2,(H,24,27). The minimum atomic E-state index is -4.56. The first-order valence-electron chi connectivity index (χ1n) is 8.51. The number of carbonyl (C=O) groups excluding carboxylic acids is 2. The Bertz CT molecular complexity index is 807. The van der Waals surface area contributed by atoms with E-state index in [0.29, 0.717) is 19.5 Å². The molecule has 1 aromatic heterocycles. The summed E-state index contributed by atoms with van der Waals surface area (Å²) >= 11 is 0. The van der Waals surface area contributed by atoms with Crippen LogP contribution in [0.3, 0.4) is 0 Å². The Kier molecular flexibility index (Phi) is 5.43. The summed E-state index contributed by atoms with van der Waals surface area (Å²) in [5, 5.41) is 2.80. The van der Waals surface area contributed by atoms with Crippen molar-refractivity contribution < 1.29 is 22.8 Å². The van der Waals surface area contributed by atoms with E-state index in [0.717, 1.165) is 30.3 Å². The minimum absolute atomic E-state index is 0.0247. The molecule has 1 saturated heterocycles. The van der Waals surface area contributed by atoms with Crippen LogP contribution in [0.5, 0.6) is 0 Å². The lowest BCUT2D eigenvalue weighted by molar-refractivity contribution is -0.141. The number of pyridine rings is 1. The molecular formula is C19H18F3N3O2. The normalized spacial score (nSPS) is 15.7. The summed E-state index contributed by atoms with van der Waals surface area (Å²) in [4.78, 5) is 29.4. The van der Waals surface area contributed by atoms with Gasteiger partial charge in [0.15, 0.2) is 0 Å². The zero-order chi connectivity index (χ0) is 19.4.